The average molecular weight is 488 g/mol. The molecule has 16 heteroatoms. The molecule has 0 aliphatic carbocycles. The highest BCUT2D eigenvalue weighted by atomic mass is 32.2. The van der Waals surface area contributed by atoms with E-state index in [1.54, 1.807) is 0 Å². The molecule has 0 heterocycles. The molecule has 0 spiro atoms. The fourth-order valence-electron chi connectivity index (χ4n) is 2.53. The first-order valence-corrected chi connectivity index (χ1v) is 10.4. The molecule has 174 valence electrons. The number of nitro benzene ring substituents is 2. The smallest absolute Gasteiger partial charge is 0.286 e. The van der Waals surface area contributed by atoms with Crippen molar-refractivity contribution >= 4 is 32.9 Å². The quantitative estimate of drug-likeness (QED) is 0.231. The van der Waals surface area contributed by atoms with E-state index in [4.69, 9.17) is 0 Å². The summed E-state index contributed by atoms with van der Waals surface area (Å²) in [4.78, 5) is 44.1. The zero-order valence-corrected chi connectivity index (χ0v) is 17.4. The molecule has 3 N–H and O–H groups in total. The third-order valence-corrected chi connectivity index (χ3v) is 5.05. The number of non-ortho nitro benzene ring substituents is 2. The Kier molecular flexibility index (Phi) is 6.55. The molecule has 0 aliphatic rings. The summed E-state index contributed by atoms with van der Waals surface area (Å²) in [6, 6.07) is 10.1. The molecule has 0 amide bonds. The van der Waals surface area contributed by atoms with Crippen LogP contribution in [0.1, 0.15) is 0 Å². The van der Waals surface area contributed by atoms with E-state index in [0.717, 1.165) is 24.3 Å². The molecule has 3 rings (SSSR count). The molecule has 0 radical (unpaired) electrons. The number of hydrogen-bond donors (Lipinski definition) is 3. The zero-order chi connectivity index (χ0) is 25.0. The Balaban J connectivity index is 2.08. The lowest BCUT2D eigenvalue weighted by Crippen LogP contribution is -2.50. The van der Waals surface area contributed by atoms with E-state index in [0.29, 0.717) is 6.07 Å². The molecular formula is C18H12N6O9S. The summed E-state index contributed by atoms with van der Waals surface area (Å²) in [5.41, 5.74) is 2.05. The van der Waals surface area contributed by atoms with Gasteiger partial charge in [-0.2, -0.15) is 18.6 Å². The van der Waals surface area contributed by atoms with Gasteiger partial charge in [-0.05, 0) is 30.3 Å². The predicted molar refractivity (Wildman–Crippen MR) is 116 cm³/mol. The third-order valence-electron chi connectivity index (χ3n) is 4.19. The van der Waals surface area contributed by atoms with Gasteiger partial charge in [0.05, 0.1) is 21.2 Å². The average Bonchev–Trinajstić information content (AvgIpc) is 2.78. The van der Waals surface area contributed by atoms with Crippen molar-refractivity contribution in [2.45, 2.75) is 4.90 Å². The molecule has 0 atom stereocenters. The summed E-state index contributed by atoms with van der Waals surface area (Å²) in [5, 5.41) is 27.2. The minimum atomic E-state index is -5.07. The van der Waals surface area contributed by atoms with Crippen molar-refractivity contribution in [1.82, 2.24) is 0 Å². The van der Waals surface area contributed by atoms with Gasteiger partial charge in [0.15, 0.2) is 5.36 Å². The maximum atomic E-state index is 12.7. The number of rotatable bonds is 7. The normalized spacial score (nSPS) is 12.4. The van der Waals surface area contributed by atoms with Crippen LogP contribution in [0.4, 0.5) is 22.7 Å². The lowest BCUT2D eigenvalue weighted by molar-refractivity contribution is -0.385. The largest absolute Gasteiger partial charge is 0.298 e. The number of benzene rings is 3. The summed E-state index contributed by atoms with van der Waals surface area (Å²) >= 11 is 0. The van der Waals surface area contributed by atoms with Gasteiger partial charge in [0, 0.05) is 24.3 Å². The Morgan fingerprint density at radius 3 is 1.62 bits per heavy atom. The second-order valence-corrected chi connectivity index (χ2v) is 7.82. The summed E-state index contributed by atoms with van der Waals surface area (Å²) in [7, 11) is -5.07. The summed E-state index contributed by atoms with van der Waals surface area (Å²) < 4.78 is 32.6. The standard InChI is InChI=1S/C18H12N6O9S/c25-17-14(21-19-10-1-5-12(6-2-10)23(27)28)9-15(34(31,32)33)18(26)16(17)22-20-11-3-7-13(8-4-11)24(29)30/h1-9,19-20H,(H,31,32,33)/b21-14+,22-16+. The van der Waals surface area contributed by atoms with Gasteiger partial charge in [-0.1, -0.05) is 0 Å². The van der Waals surface area contributed by atoms with Crippen molar-refractivity contribution in [1.29, 1.82) is 0 Å². The molecule has 0 saturated carbocycles. The van der Waals surface area contributed by atoms with Crippen LogP contribution in [0.25, 0.3) is 0 Å². The van der Waals surface area contributed by atoms with Gasteiger partial charge in [-0.3, -0.25) is 45.2 Å². The first-order valence-electron chi connectivity index (χ1n) is 8.92. The topological polar surface area (TPSA) is 224 Å². The van der Waals surface area contributed by atoms with E-state index < -0.39 is 46.4 Å². The molecule has 15 nitrogen and oxygen atoms in total. The number of nitrogens with zero attached hydrogens (tertiary/aromatic N) is 4. The first kappa shape index (κ1) is 23.8. The number of nitro groups is 2. The van der Waals surface area contributed by atoms with E-state index in [2.05, 4.69) is 21.1 Å². The van der Waals surface area contributed by atoms with Crippen molar-refractivity contribution in [3.63, 3.8) is 0 Å². The van der Waals surface area contributed by atoms with Gasteiger partial charge in [0.1, 0.15) is 10.3 Å². The monoisotopic (exact) mass is 488 g/mol. The van der Waals surface area contributed by atoms with E-state index >= 15 is 0 Å². The van der Waals surface area contributed by atoms with Crippen molar-refractivity contribution in [2.24, 2.45) is 10.2 Å². The molecule has 3 aromatic rings. The Morgan fingerprint density at radius 2 is 1.21 bits per heavy atom. The molecule has 3 aromatic carbocycles. The van der Waals surface area contributed by atoms with Crippen LogP contribution in [0.2, 0.25) is 0 Å². The van der Waals surface area contributed by atoms with E-state index in [1.165, 1.54) is 24.3 Å². The van der Waals surface area contributed by atoms with Crippen molar-refractivity contribution in [2.75, 3.05) is 10.9 Å². The van der Waals surface area contributed by atoms with Crippen LogP contribution in [-0.2, 0) is 10.1 Å². The summed E-state index contributed by atoms with van der Waals surface area (Å²) in [6.07, 6.45) is 0. The van der Waals surface area contributed by atoms with Crippen LogP contribution in [0.15, 0.2) is 79.3 Å². The van der Waals surface area contributed by atoms with Crippen LogP contribution in [0.5, 0.6) is 0 Å². The van der Waals surface area contributed by atoms with Crippen molar-refractivity contribution in [3.8, 4) is 0 Å². The molecular weight excluding hydrogens is 476 g/mol. The van der Waals surface area contributed by atoms with Gasteiger partial charge in [-0.15, -0.1) is 0 Å². The minimum absolute atomic E-state index is 0.129. The molecule has 0 unspecified atom stereocenters. The van der Waals surface area contributed by atoms with Crippen molar-refractivity contribution < 1.29 is 22.8 Å². The van der Waals surface area contributed by atoms with Crippen LogP contribution in [-0.4, -0.2) is 22.8 Å². The first-order chi connectivity index (χ1) is 16.0. The minimum Gasteiger partial charge on any atom is -0.286 e. The van der Waals surface area contributed by atoms with Crippen LogP contribution < -0.4 is 32.4 Å². The Hall–Kier alpha value is -4.83. The zero-order valence-electron chi connectivity index (χ0n) is 16.6. The summed E-state index contributed by atoms with van der Waals surface area (Å²) in [6.45, 7) is 0. The number of nitrogens with one attached hydrogen (secondary N) is 2. The van der Waals surface area contributed by atoms with Gasteiger partial charge >= 0.3 is 0 Å². The highest BCUT2D eigenvalue weighted by Crippen LogP contribution is 2.15. The van der Waals surface area contributed by atoms with Gasteiger partial charge in [0.2, 0.25) is 10.9 Å². The van der Waals surface area contributed by atoms with Gasteiger partial charge in [-0.25, -0.2) is 0 Å². The lowest BCUT2D eigenvalue weighted by Gasteiger charge is -2.01. The SMILES string of the molecule is O=c1c(S(=O)(=O)O)c/c(=N\Nc2ccc([N+](=O)[O-])cc2)c(=O)/c1=N\Nc1ccc([N+](=O)[O-])cc1. The highest BCUT2D eigenvalue weighted by molar-refractivity contribution is 7.85. The highest BCUT2D eigenvalue weighted by Gasteiger charge is 2.19. The van der Waals surface area contributed by atoms with E-state index in [1.807, 2.05) is 0 Å². The molecule has 0 saturated heterocycles. The second kappa shape index (κ2) is 9.35. The Labute approximate surface area is 188 Å². The Morgan fingerprint density at radius 1 is 0.765 bits per heavy atom. The number of hydrogen-bond acceptors (Lipinski definition) is 12. The molecule has 0 bridgehead atoms. The predicted octanol–water partition coefficient (Wildman–Crippen LogP) is 0.201. The van der Waals surface area contributed by atoms with Crippen molar-refractivity contribution in [3.05, 3.63) is 106 Å². The van der Waals surface area contributed by atoms with Crippen LogP contribution in [0, 0.1) is 20.2 Å². The fraction of sp³-hybridized carbons (Fsp3) is 0. The molecule has 0 aromatic heterocycles. The molecule has 0 aliphatic heterocycles. The molecule has 34 heavy (non-hydrogen) atoms. The lowest BCUT2D eigenvalue weighted by atomic mass is 10.3. The second-order valence-electron chi connectivity index (χ2n) is 6.43. The van der Waals surface area contributed by atoms with E-state index in [9.17, 15) is 42.8 Å². The van der Waals surface area contributed by atoms with Gasteiger partial charge < -0.3 is 0 Å². The van der Waals surface area contributed by atoms with Gasteiger partial charge in [0.25, 0.3) is 21.5 Å². The maximum absolute atomic E-state index is 12.7. The van der Waals surface area contributed by atoms with Crippen LogP contribution >= 0.6 is 0 Å². The maximum Gasteiger partial charge on any atom is 0.298 e. The van der Waals surface area contributed by atoms with E-state index in [-0.39, 0.29) is 22.7 Å². The van der Waals surface area contributed by atoms with Crippen LogP contribution in [0.3, 0.4) is 0 Å². The number of anilines is 2. The third kappa shape index (κ3) is 5.31. The Bertz CT molecular complexity index is 1610. The summed E-state index contributed by atoms with van der Waals surface area (Å²) in [5.74, 6) is 0. The fourth-order valence-corrected chi connectivity index (χ4v) is 3.12. The molecule has 0 fully saturated rings.